The van der Waals surface area contributed by atoms with Gasteiger partial charge in [-0.05, 0) is 61.6 Å². The van der Waals surface area contributed by atoms with E-state index in [1.807, 2.05) is 28.0 Å². The number of halogens is 1. The van der Waals surface area contributed by atoms with E-state index in [0.717, 1.165) is 69.7 Å². The van der Waals surface area contributed by atoms with Crippen LogP contribution < -0.4 is 14.4 Å². The Labute approximate surface area is 249 Å². The Balaban J connectivity index is 1.24. The lowest BCUT2D eigenvalue weighted by atomic mass is 10.00. The van der Waals surface area contributed by atoms with Crippen LogP contribution in [0.15, 0.2) is 36.4 Å². The monoisotopic (exact) mass is 581 g/mol. The number of piperidine rings is 1. The van der Waals surface area contributed by atoms with Gasteiger partial charge in [0.25, 0.3) is 0 Å². The zero-order chi connectivity index (χ0) is 28.6. The average Bonchev–Trinajstić information content (AvgIpc) is 3.21. The normalized spacial score (nSPS) is 19.8. The van der Waals surface area contributed by atoms with Crippen LogP contribution in [0, 0.1) is 0 Å². The minimum Gasteiger partial charge on any atom is -0.489 e. The Hall–Kier alpha value is -2.77. The quantitative estimate of drug-likeness (QED) is 0.429. The van der Waals surface area contributed by atoms with Crippen molar-refractivity contribution in [1.29, 1.82) is 0 Å². The number of nitrogens with zero attached hydrogens (tertiary/aromatic N) is 3. The van der Waals surface area contributed by atoms with Crippen LogP contribution in [-0.2, 0) is 22.6 Å². The van der Waals surface area contributed by atoms with Crippen molar-refractivity contribution in [3.8, 4) is 11.5 Å². The van der Waals surface area contributed by atoms with E-state index in [1.54, 1.807) is 6.92 Å². The third kappa shape index (κ3) is 7.75. The number of likely N-dealkylation sites (tertiary alicyclic amines) is 1. The fourth-order valence-electron chi connectivity index (χ4n) is 6.41. The van der Waals surface area contributed by atoms with Crippen molar-refractivity contribution in [1.82, 2.24) is 9.80 Å². The van der Waals surface area contributed by atoms with Gasteiger partial charge in [0.1, 0.15) is 0 Å². The summed E-state index contributed by atoms with van der Waals surface area (Å²) in [4.78, 5) is 32.5. The molecule has 1 fully saturated rings. The van der Waals surface area contributed by atoms with E-state index < -0.39 is 0 Å². The molecule has 7 nitrogen and oxygen atoms in total. The average molecular weight is 582 g/mol. The second kappa shape index (κ2) is 14.4. The fourth-order valence-corrected chi connectivity index (χ4v) is 6.70. The lowest BCUT2D eigenvalue weighted by molar-refractivity contribution is -0.132. The van der Waals surface area contributed by atoms with Crippen LogP contribution in [0.1, 0.15) is 75.8 Å². The number of amides is 2. The van der Waals surface area contributed by atoms with Crippen LogP contribution in [0.3, 0.4) is 0 Å². The minimum atomic E-state index is 0.112. The highest BCUT2D eigenvalue weighted by molar-refractivity contribution is 6.32. The van der Waals surface area contributed by atoms with Crippen LogP contribution in [0.5, 0.6) is 11.5 Å². The van der Waals surface area contributed by atoms with Gasteiger partial charge in [-0.15, -0.1) is 0 Å². The molecule has 0 bridgehead atoms. The Morgan fingerprint density at radius 3 is 2.37 bits per heavy atom. The van der Waals surface area contributed by atoms with Crippen molar-refractivity contribution in [2.75, 3.05) is 44.3 Å². The molecule has 3 aliphatic heterocycles. The van der Waals surface area contributed by atoms with Gasteiger partial charge in [-0.1, -0.05) is 55.5 Å². The van der Waals surface area contributed by atoms with E-state index >= 15 is 0 Å². The summed E-state index contributed by atoms with van der Waals surface area (Å²) in [7, 11) is 0. The fraction of sp³-hybridized carbons (Fsp3) is 0.576. The predicted molar refractivity (Wildman–Crippen MR) is 163 cm³/mol. The summed E-state index contributed by atoms with van der Waals surface area (Å²) in [5.41, 5.74) is 3.12. The number of fused-ring (bicyclic) bond motifs is 2. The molecular weight excluding hydrogens is 538 g/mol. The van der Waals surface area contributed by atoms with E-state index in [-0.39, 0.29) is 11.8 Å². The molecular formula is C33H44ClN3O4. The molecule has 2 amide bonds. The highest BCUT2D eigenvalue weighted by atomic mass is 35.5. The van der Waals surface area contributed by atoms with Gasteiger partial charge < -0.3 is 19.3 Å². The summed E-state index contributed by atoms with van der Waals surface area (Å²) < 4.78 is 11.6. The number of carbonyl (C=O) groups excluding carboxylic acids is 2. The molecule has 0 spiro atoms. The largest absolute Gasteiger partial charge is 0.489 e. The number of rotatable bonds is 3. The summed E-state index contributed by atoms with van der Waals surface area (Å²) in [5.74, 6) is 1.45. The Bertz CT molecular complexity index is 1200. The molecule has 0 atom stereocenters. The number of carbonyl (C=O) groups is 2. The van der Waals surface area contributed by atoms with Gasteiger partial charge >= 0.3 is 0 Å². The van der Waals surface area contributed by atoms with Crippen molar-refractivity contribution >= 4 is 29.1 Å². The maximum absolute atomic E-state index is 13.3. The Kier molecular flexibility index (Phi) is 10.4. The molecule has 5 rings (SSSR count). The molecule has 2 aromatic rings. The minimum absolute atomic E-state index is 0.112. The molecule has 1 saturated heterocycles. The lowest BCUT2D eigenvalue weighted by Gasteiger charge is -2.39. The first-order valence-electron chi connectivity index (χ1n) is 15.5. The molecule has 222 valence electrons. The van der Waals surface area contributed by atoms with Crippen LogP contribution in [-0.4, -0.2) is 67.0 Å². The number of hydrogen-bond acceptors (Lipinski definition) is 5. The second-order valence-electron chi connectivity index (χ2n) is 11.6. The predicted octanol–water partition coefficient (Wildman–Crippen LogP) is 6.24. The summed E-state index contributed by atoms with van der Waals surface area (Å²) in [6, 6.07) is 12.5. The number of para-hydroxylation sites is 1. The molecule has 8 heteroatoms. The smallest absolute Gasteiger partial charge is 0.226 e. The SMILES string of the molecule is CC(=O)N1CCCCCCCCN(C2CCN(C(=O)Cc3cc(Cl)c4c(c3)OCCCO4)CC2)Cc2ccccc21. The Morgan fingerprint density at radius 2 is 1.59 bits per heavy atom. The van der Waals surface area contributed by atoms with Gasteiger partial charge in [-0.25, -0.2) is 0 Å². The van der Waals surface area contributed by atoms with Crippen LogP contribution in [0.25, 0.3) is 0 Å². The van der Waals surface area contributed by atoms with Gasteiger partial charge in [-0.2, -0.15) is 0 Å². The number of hydrogen-bond donors (Lipinski definition) is 0. The standard InChI is InChI=1S/C33H44ClN3O4/c1-25(38)37-16-9-5-3-2-4-8-15-36(24-27-11-6-7-12-30(27)37)28-13-17-35(18-14-28)32(39)23-26-21-29(34)33-31(22-26)40-19-10-20-41-33/h6-7,11-12,21-22,28H,2-5,8-10,13-20,23-24H2,1H3. The number of anilines is 1. The number of benzene rings is 2. The van der Waals surface area contributed by atoms with Crippen LogP contribution in [0.2, 0.25) is 5.02 Å². The number of ether oxygens (including phenoxy) is 2. The van der Waals surface area contributed by atoms with Crippen molar-refractivity contribution in [2.24, 2.45) is 0 Å². The van der Waals surface area contributed by atoms with Crippen LogP contribution >= 0.6 is 11.6 Å². The van der Waals surface area contributed by atoms with Gasteiger partial charge in [0.15, 0.2) is 11.5 Å². The van der Waals surface area contributed by atoms with E-state index in [2.05, 4.69) is 23.1 Å². The molecule has 0 saturated carbocycles. The van der Waals surface area contributed by atoms with Crippen LogP contribution in [0.4, 0.5) is 5.69 Å². The molecule has 0 aromatic heterocycles. The molecule has 0 radical (unpaired) electrons. The van der Waals surface area contributed by atoms with Crippen molar-refractivity contribution < 1.29 is 19.1 Å². The zero-order valence-corrected chi connectivity index (χ0v) is 25.2. The maximum atomic E-state index is 13.3. The van der Waals surface area contributed by atoms with E-state index in [9.17, 15) is 9.59 Å². The van der Waals surface area contributed by atoms with Crippen molar-refractivity contribution in [3.05, 3.63) is 52.5 Å². The molecule has 0 unspecified atom stereocenters. The van der Waals surface area contributed by atoms with Crippen molar-refractivity contribution in [2.45, 2.75) is 83.7 Å². The topological polar surface area (TPSA) is 62.3 Å². The maximum Gasteiger partial charge on any atom is 0.226 e. The van der Waals surface area contributed by atoms with E-state index in [1.165, 1.54) is 37.7 Å². The first-order valence-corrected chi connectivity index (χ1v) is 15.8. The first kappa shape index (κ1) is 29.7. The molecule has 0 aliphatic carbocycles. The third-order valence-electron chi connectivity index (χ3n) is 8.66. The summed E-state index contributed by atoms with van der Waals surface area (Å²) in [5, 5.41) is 0.500. The molecule has 3 heterocycles. The van der Waals surface area contributed by atoms with E-state index in [0.29, 0.717) is 42.2 Å². The zero-order valence-electron chi connectivity index (χ0n) is 24.4. The van der Waals surface area contributed by atoms with E-state index in [4.69, 9.17) is 21.1 Å². The summed E-state index contributed by atoms with van der Waals surface area (Å²) in [6.07, 6.45) is 10.1. The highest BCUT2D eigenvalue weighted by Crippen LogP contribution is 2.38. The third-order valence-corrected chi connectivity index (χ3v) is 8.94. The van der Waals surface area contributed by atoms with Gasteiger partial charge in [0.05, 0.1) is 24.7 Å². The van der Waals surface area contributed by atoms with Crippen molar-refractivity contribution in [3.63, 3.8) is 0 Å². The molecule has 0 N–H and O–H groups in total. The van der Waals surface area contributed by atoms with Gasteiger partial charge in [0.2, 0.25) is 11.8 Å². The van der Waals surface area contributed by atoms with Gasteiger partial charge in [-0.3, -0.25) is 14.5 Å². The van der Waals surface area contributed by atoms with Gasteiger partial charge in [0, 0.05) is 51.3 Å². The lowest BCUT2D eigenvalue weighted by Crippen LogP contribution is -2.47. The Morgan fingerprint density at radius 1 is 0.878 bits per heavy atom. The molecule has 3 aliphatic rings. The molecule has 2 aromatic carbocycles. The summed E-state index contributed by atoms with van der Waals surface area (Å²) in [6.45, 7) is 7.00. The molecule has 41 heavy (non-hydrogen) atoms. The first-order chi connectivity index (χ1) is 20.0. The summed E-state index contributed by atoms with van der Waals surface area (Å²) >= 11 is 6.47. The highest BCUT2D eigenvalue weighted by Gasteiger charge is 2.28. The second-order valence-corrected chi connectivity index (χ2v) is 12.0.